The molecule has 168 valence electrons. The maximum Gasteiger partial charge on any atom is 0.250 e. The van der Waals surface area contributed by atoms with Crippen LogP contribution in [0, 0.1) is 23.8 Å². The van der Waals surface area contributed by atoms with Crippen LogP contribution in [0.25, 0.3) is 33.3 Å². The first-order chi connectivity index (χ1) is 16.0. The number of aromatic nitrogens is 2. The molecule has 0 saturated carbocycles. The van der Waals surface area contributed by atoms with E-state index < -0.39 is 11.6 Å². The molecule has 0 aliphatic carbocycles. The molecular weight excluding hydrogens is 422 g/mol. The summed E-state index contributed by atoms with van der Waals surface area (Å²) >= 11 is 0. The van der Waals surface area contributed by atoms with Gasteiger partial charge in [0.15, 0.2) is 6.20 Å². The van der Waals surface area contributed by atoms with Crippen molar-refractivity contribution in [1.82, 2.24) is 10.3 Å². The third-order valence-electron chi connectivity index (χ3n) is 6.19. The Morgan fingerprint density at radius 1 is 1.00 bits per heavy atom. The fourth-order valence-electron chi connectivity index (χ4n) is 4.49. The van der Waals surface area contributed by atoms with Crippen molar-refractivity contribution in [3.05, 3.63) is 83.2 Å². The van der Waals surface area contributed by atoms with Crippen LogP contribution in [0.2, 0.25) is 0 Å². The molecule has 7 heteroatoms. The zero-order chi connectivity index (χ0) is 22.9. The summed E-state index contributed by atoms with van der Waals surface area (Å²) in [7, 11) is 0. The summed E-state index contributed by atoms with van der Waals surface area (Å²) in [6.45, 7) is 3.74. The lowest BCUT2D eigenvalue weighted by molar-refractivity contribution is -0.592. The van der Waals surface area contributed by atoms with Gasteiger partial charge in [-0.1, -0.05) is 18.2 Å². The topological polar surface area (TPSA) is 63.9 Å². The summed E-state index contributed by atoms with van der Waals surface area (Å²) < 4.78 is 29.3. The Morgan fingerprint density at radius 3 is 2.55 bits per heavy atom. The molecule has 0 spiro atoms. The second-order valence-corrected chi connectivity index (χ2v) is 8.42. The number of rotatable bonds is 4. The van der Waals surface area contributed by atoms with Gasteiger partial charge >= 0.3 is 0 Å². The van der Waals surface area contributed by atoms with E-state index >= 15 is 0 Å². The molecular formula is C26H24F2N4O. The predicted octanol–water partition coefficient (Wildman–Crippen LogP) is 4.95. The maximum absolute atomic E-state index is 14.9. The summed E-state index contributed by atoms with van der Waals surface area (Å²) in [5.41, 5.74) is 3.39. The number of nitrogens with one attached hydrogen (secondary N) is 2. The SMILES string of the molecule is Cc1ccccc1-c1c2nc(NC3CCNCC3)cc(-c3ccc(F)cc3F)c2cc[n+]1[O-]. The van der Waals surface area contributed by atoms with Crippen molar-refractivity contribution < 1.29 is 13.5 Å². The average Bonchev–Trinajstić information content (AvgIpc) is 2.80. The van der Waals surface area contributed by atoms with Gasteiger partial charge in [-0.3, -0.25) is 0 Å². The third kappa shape index (κ3) is 4.12. The van der Waals surface area contributed by atoms with Crippen molar-refractivity contribution in [1.29, 1.82) is 0 Å². The molecule has 0 amide bonds. The molecule has 5 rings (SSSR count). The van der Waals surface area contributed by atoms with Crippen molar-refractivity contribution in [2.24, 2.45) is 0 Å². The summed E-state index contributed by atoms with van der Waals surface area (Å²) in [6.07, 6.45) is 3.28. The standard InChI is InChI=1S/C26H24F2N4O/c1-16-4-2-3-5-19(16)26-25-21(10-13-32(26)33)22(20-7-6-17(27)14-23(20)28)15-24(31-25)30-18-8-11-29-12-9-18/h2-7,10,13-15,18,29H,8-9,11-12H2,1H3,(H,30,31). The Balaban J connectivity index is 1.77. The van der Waals surface area contributed by atoms with Gasteiger partial charge < -0.3 is 15.8 Å². The highest BCUT2D eigenvalue weighted by atomic mass is 19.1. The van der Waals surface area contributed by atoms with E-state index in [0.717, 1.165) is 47.9 Å². The van der Waals surface area contributed by atoms with Gasteiger partial charge in [0.05, 0.1) is 5.56 Å². The Labute approximate surface area is 190 Å². The van der Waals surface area contributed by atoms with Crippen LogP contribution < -0.4 is 15.4 Å². The Kier molecular flexibility index (Phi) is 5.64. The molecule has 1 aliphatic heterocycles. The zero-order valence-electron chi connectivity index (χ0n) is 18.2. The van der Waals surface area contributed by atoms with E-state index in [0.29, 0.717) is 28.0 Å². The molecule has 5 nitrogen and oxygen atoms in total. The normalized spacial score (nSPS) is 14.5. The van der Waals surface area contributed by atoms with Crippen molar-refractivity contribution in [2.75, 3.05) is 18.4 Å². The van der Waals surface area contributed by atoms with Crippen molar-refractivity contribution >= 4 is 16.7 Å². The number of aryl methyl sites for hydroxylation is 1. The lowest BCUT2D eigenvalue weighted by Gasteiger charge is -2.25. The number of hydrogen-bond donors (Lipinski definition) is 2. The van der Waals surface area contributed by atoms with E-state index in [1.807, 2.05) is 31.2 Å². The second-order valence-electron chi connectivity index (χ2n) is 8.42. The van der Waals surface area contributed by atoms with Crippen LogP contribution in [-0.4, -0.2) is 24.1 Å². The van der Waals surface area contributed by atoms with Gasteiger partial charge in [-0.15, -0.1) is 0 Å². The van der Waals surface area contributed by atoms with E-state index in [9.17, 15) is 14.0 Å². The number of pyridine rings is 2. The minimum absolute atomic E-state index is 0.215. The molecule has 0 bridgehead atoms. The average molecular weight is 447 g/mol. The quantitative estimate of drug-likeness (QED) is 0.344. The first kappa shape index (κ1) is 21.3. The highest BCUT2D eigenvalue weighted by Gasteiger charge is 2.23. The van der Waals surface area contributed by atoms with E-state index in [4.69, 9.17) is 4.98 Å². The first-order valence-corrected chi connectivity index (χ1v) is 11.1. The summed E-state index contributed by atoms with van der Waals surface area (Å²) in [4.78, 5) is 4.83. The molecule has 0 radical (unpaired) electrons. The number of halogens is 2. The fraction of sp³-hybridized carbons (Fsp3) is 0.231. The van der Waals surface area contributed by atoms with Gasteiger partial charge in [0.25, 0.3) is 5.69 Å². The summed E-state index contributed by atoms with van der Waals surface area (Å²) in [6, 6.07) is 14.8. The fourth-order valence-corrected chi connectivity index (χ4v) is 4.49. The van der Waals surface area contributed by atoms with E-state index in [2.05, 4.69) is 10.6 Å². The largest absolute Gasteiger partial charge is 0.618 e. The molecule has 1 saturated heterocycles. The van der Waals surface area contributed by atoms with Crippen molar-refractivity contribution in [3.8, 4) is 22.4 Å². The zero-order valence-corrected chi connectivity index (χ0v) is 18.2. The van der Waals surface area contributed by atoms with Gasteiger partial charge in [-0.2, -0.15) is 4.73 Å². The summed E-state index contributed by atoms with van der Waals surface area (Å²) in [5, 5.41) is 20.4. The second kappa shape index (κ2) is 8.75. The first-order valence-electron chi connectivity index (χ1n) is 11.1. The Bertz CT molecular complexity index is 1340. The molecule has 0 atom stereocenters. The molecule has 3 heterocycles. The van der Waals surface area contributed by atoms with Crippen LogP contribution in [0.1, 0.15) is 18.4 Å². The number of anilines is 1. The van der Waals surface area contributed by atoms with Gasteiger partial charge in [0, 0.05) is 29.1 Å². The van der Waals surface area contributed by atoms with Gasteiger partial charge in [0.1, 0.15) is 23.0 Å². The van der Waals surface area contributed by atoms with Crippen molar-refractivity contribution in [3.63, 3.8) is 0 Å². The van der Waals surface area contributed by atoms with Crippen LogP contribution in [0.4, 0.5) is 14.6 Å². The number of piperidine rings is 1. The lowest BCUT2D eigenvalue weighted by atomic mass is 9.97. The minimum atomic E-state index is -0.661. The highest BCUT2D eigenvalue weighted by molar-refractivity contribution is 6.01. The number of fused-ring (bicyclic) bond motifs is 1. The van der Waals surface area contributed by atoms with E-state index in [1.165, 1.54) is 18.3 Å². The molecule has 2 N–H and O–H groups in total. The van der Waals surface area contributed by atoms with Crippen molar-refractivity contribution in [2.45, 2.75) is 25.8 Å². The molecule has 2 aromatic heterocycles. The monoisotopic (exact) mass is 446 g/mol. The molecule has 1 fully saturated rings. The van der Waals surface area contributed by atoms with Gasteiger partial charge in [-0.05, 0) is 68.2 Å². The number of benzene rings is 2. The van der Waals surface area contributed by atoms with Crippen LogP contribution in [-0.2, 0) is 0 Å². The minimum Gasteiger partial charge on any atom is -0.618 e. The summed E-state index contributed by atoms with van der Waals surface area (Å²) in [5.74, 6) is -0.735. The third-order valence-corrected chi connectivity index (χ3v) is 6.19. The maximum atomic E-state index is 14.9. The molecule has 4 aromatic rings. The Morgan fingerprint density at radius 2 is 1.79 bits per heavy atom. The number of nitrogens with zero attached hydrogens (tertiary/aromatic N) is 2. The highest BCUT2D eigenvalue weighted by Crippen LogP contribution is 2.36. The molecule has 1 aliphatic rings. The smallest absolute Gasteiger partial charge is 0.250 e. The van der Waals surface area contributed by atoms with Crippen LogP contribution in [0.3, 0.4) is 0 Å². The predicted molar refractivity (Wildman–Crippen MR) is 126 cm³/mol. The lowest BCUT2D eigenvalue weighted by Crippen LogP contribution is -2.35. The van der Waals surface area contributed by atoms with E-state index in [-0.39, 0.29) is 11.6 Å². The molecule has 33 heavy (non-hydrogen) atoms. The van der Waals surface area contributed by atoms with E-state index in [1.54, 1.807) is 12.1 Å². The van der Waals surface area contributed by atoms with Crippen LogP contribution in [0.15, 0.2) is 60.8 Å². The van der Waals surface area contributed by atoms with Gasteiger partial charge in [0.2, 0.25) is 0 Å². The molecule has 2 aromatic carbocycles. The number of hydrogen-bond acceptors (Lipinski definition) is 4. The van der Waals surface area contributed by atoms with Crippen LogP contribution in [0.5, 0.6) is 0 Å². The van der Waals surface area contributed by atoms with Gasteiger partial charge in [-0.25, -0.2) is 13.8 Å². The van der Waals surface area contributed by atoms with Crippen LogP contribution >= 0.6 is 0 Å². The molecule has 0 unspecified atom stereocenters. The Hall–Kier alpha value is -3.58.